The molecule has 0 saturated carbocycles. The number of rotatable bonds is 3. The first kappa shape index (κ1) is 15.7. The summed E-state index contributed by atoms with van der Waals surface area (Å²) in [6.45, 7) is 5.45. The molecule has 3 heterocycles. The number of aromatic amines is 1. The SMILES string of the molecule is Cc1cc(Nc2nccc3cc[nH]c(=O)c23)ccc1N1CCOCC1. The number of aromatic nitrogens is 2. The fourth-order valence-electron chi connectivity index (χ4n) is 3.26. The van der Waals surface area contributed by atoms with E-state index in [0.717, 1.165) is 37.4 Å². The summed E-state index contributed by atoms with van der Waals surface area (Å²) in [5.74, 6) is 0.567. The number of morpholine rings is 1. The summed E-state index contributed by atoms with van der Waals surface area (Å²) in [5, 5.41) is 4.72. The number of pyridine rings is 2. The Kier molecular flexibility index (Phi) is 4.11. The minimum atomic E-state index is -0.144. The molecule has 1 aromatic carbocycles. The fraction of sp³-hybridized carbons (Fsp3) is 0.263. The molecule has 0 spiro atoms. The van der Waals surface area contributed by atoms with E-state index in [-0.39, 0.29) is 5.56 Å². The van der Waals surface area contributed by atoms with Gasteiger partial charge in [-0.3, -0.25) is 4.79 Å². The Bertz CT molecular complexity index is 956. The van der Waals surface area contributed by atoms with E-state index >= 15 is 0 Å². The molecule has 2 aromatic heterocycles. The Morgan fingerprint density at radius 1 is 1.20 bits per heavy atom. The van der Waals surface area contributed by atoms with E-state index < -0.39 is 0 Å². The first-order valence-corrected chi connectivity index (χ1v) is 8.39. The van der Waals surface area contributed by atoms with Crippen molar-refractivity contribution in [2.24, 2.45) is 0 Å². The van der Waals surface area contributed by atoms with Crippen molar-refractivity contribution in [2.45, 2.75) is 6.92 Å². The van der Waals surface area contributed by atoms with Crippen LogP contribution in [0.5, 0.6) is 0 Å². The normalized spacial score (nSPS) is 14.7. The highest BCUT2D eigenvalue weighted by Gasteiger charge is 2.14. The molecule has 25 heavy (non-hydrogen) atoms. The molecule has 0 atom stereocenters. The van der Waals surface area contributed by atoms with Crippen molar-refractivity contribution < 1.29 is 4.74 Å². The van der Waals surface area contributed by atoms with Gasteiger partial charge in [0.2, 0.25) is 0 Å². The fourth-order valence-corrected chi connectivity index (χ4v) is 3.26. The number of nitrogens with zero attached hydrogens (tertiary/aromatic N) is 2. The van der Waals surface area contributed by atoms with Gasteiger partial charge in [-0.1, -0.05) is 0 Å². The maximum atomic E-state index is 12.2. The van der Waals surface area contributed by atoms with Crippen molar-refractivity contribution in [3.8, 4) is 0 Å². The standard InChI is InChI=1S/C19H20N4O2/c1-13-12-15(2-3-16(13)23-8-10-25-11-9-23)22-18-17-14(4-6-20-18)5-7-21-19(17)24/h2-7,12H,8-11H2,1H3,(H,20,22)(H,21,24). The van der Waals surface area contributed by atoms with Crippen molar-refractivity contribution in [1.82, 2.24) is 9.97 Å². The Hall–Kier alpha value is -2.86. The maximum Gasteiger partial charge on any atom is 0.259 e. The van der Waals surface area contributed by atoms with E-state index in [4.69, 9.17) is 4.74 Å². The zero-order valence-corrected chi connectivity index (χ0v) is 14.1. The third-order valence-electron chi connectivity index (χ3n) is 4.50. The molecule has 6 nitrogen and oxygen atoms in total. The second-order valence-electron chi connectivity index (χ2n) is 6.16. The number of fused-ring (bicyclic) bond motifs is 1. The number of nitrogens with one attached hydrogen (secondary N) is 2. The second kappa shape index (κ2) is 6.57. The minimum absolute atomic E-state index is 0.144. The highest BCUT2D eigenvalue weighted by atomic mass is 16.5. The van der Waals surface area contributed by atoms with Gasteiger partial charge in [0.1, 0.15) is 5.82 Å². The summed E-state index contributed by atoms with van der Waals surface area (Å²) in [6, 6.07) is 9.93. The van der Waals surface area contributed by atoms with Crippen LogP contribution in [-0.2, 0) is 4.74 Å². The molecule has 1 aliphatic rings. The number of H-pyrrole nitrogens is 1. The van der Waals surface area contributed by atoms with Gasteiger partial charge in [0.05, 0.1) is 18.6 Å². The molecule has 6 heteroatoms. The first-order valence-electron chi connectivity index (χ1n) is 8.39. The molecule has 128 valence electrons. The predicted octanol–water partition coefficient (Wildman–Crippen LogP) is 2.81. The highest BCUT2D eigenvalue weighted by molar-refractivity contribution is 5.92. The van der Waals surface area contributed by atoms with Gasteiger partial charge in [-0.15, -0.1) is 0 Å². The molecule has 1 fully saturated rings. The molecule has 0 amide bonds. The summed E-state index contributed by atoms with van der Waals surface area (Å²) < 4.78 is 5.42. The molecule has 0 aliphatic carbocycles. The molecule has 1 aliphatic heterocycles. The maximum absolute atomic E-state index is 12.2. The third kappa shape index (κ3) is 3.08. The van der Waals surface area contributed by atoms with Crippen LogP contribution in [0.15, 0.2) is 47.5 Å². The van der Waals surface area contributed by atoms with Gasteiger partial charge in [-0.05, 0) is 48.2 Å². The van der Waals surface area contributed by atoms with Crippen LogP contribution in [0.3, 0.4) is 0 Å². The summed E-state index contributed by atoms with van der Waals surface area (Å²) >= 11 is 0. The zero-order valence-electron chi connectivity index (χ0n) is 14.1. The summed E-state index contributed by atoms with van der Waals surface area (Å²) in [6.07, 6.45) is 3.36. The van der Waals surface area contributed by atoms with Crippen LogP contribution in [0.2, 0.25) is 0 Å². The third-order valence-corrected chi connectivity index (χ3v) is 4.50. The Labute approximate surface area is 145 Å². The predicted molar refractivity (Wildman–Crippen MR) is 99.9 cm³/mol. The van der Waals surface area contributed by atoms with E-state index in [1.54, 1.807) is 12.4 Å². The molecular weight excluding hydrogens is 316 g/mol. The quantitative estimate of drug-likeness (QED) is 0.770. The van der Waals surface area contributed by atoms with Crippen LogP contribution in [0.1, 0.15) is 5.56 Å². The van der Waals surface area contributed by atoms with E-state index in [2.05, 4.69) is 39.2 Å². The lowest BCUT2D eigenvalue weighted by atomic mass is 10.1. The number of hydrogen-bond acceptors (Lipinski definition) is 5. The van der Waals surface area contributed by atoms with Crippen LogP contribution in [0.4, 0.5) is 17.2 Å². The van der Waals surface area contributed by atoms with Crippen molar-refractivity contribution in [1.29, 1.82) is 0 Å². The Morgan fingerprint density at radius 3 is 2.84 bits per heavy atom. The van der Waals surface area contributed by atoms with E-state index in [1.807, 2.05) is 18.2 Å². The molecule has 2 N–H and O–H groups in total. The first-order chi connectivity index (χ1) is 12.2. The lowest BCUT2D eigenvalue weighted by molar-refractivity contribution is 0.122. The van der Waals surface area contributed by atoms with Crippen LogP contribution >= 0.6 is 0 Å². The van der Waals surface area contributed by atoms with Gasteiger partial charge in [0.25, 0.3) is 5.56 Å². The smallest absolute Gasteiger partial charge is 0.259 e. The van der Waals surface area contributed by atoms with Gasteiger partial charge in [-0.2, -0.15) is 0 Å². The van der Waals surface area contributed by atoms with Crippen molar-refractivity contribution in [3.63, 3.8) is 0 Å². The van der Waals surface area contributed by atoms with Crippen LogP contribution in [-0.4, -0.2) is 36.3 Å². The van der Waals surface area contributed by atoms with Gasteiger partial charge in [0.15, 0.2) is 0 Å². The van der Waals surface area contributed by atoms with Crippen LogP contribution in [0.25, 0.3) is 10.8 Å². The summed E-state index contributed by atoms with van der Waals surface area (Å²) in [7, 11) is 0. The van der Waals surface area contributed by atoms with Crippen molar-refractivity contribution in [2.75, 3.05) is 36.5 Å². The van der Waals surface area contributed by atoms with Gasteiger partial charge in [-0.25, -0.2) is 4.98 Å². The number of aryl methyl sites for hydroxylation is 1. The van der Waals surface area contributed by atoms with Gasteiger partial charge >= 0.3 is 0 Å². The zero-order chi connectivity index (χ0) is 17.2. The highest BCUT2D eigenvalue weighted by Crippen LogP contribution is 2.27. The van der Waals surface area contributed by atoms with E-state index in [0.29, 0.717) is 11.2 Å². The van der Waals surface area contributed by atoms with E-state index in [1.165, 1.54) is 11.3 Å². The Morgan fingerprint density at radius 2 is 2.04 bits per heavy atom. The minimum Gasteiger partial charge on any atom is -0.378 e. The molecule has 3 aromatic rings. The second-order valence-corrected chi connectivity index (χ2v) is 6.16. The molecule has 0 unspecified atom stereocenters. The summed E-state index contributed by atoms with van der Waals surface area (Å²) in [5.41, 5.74) is 3.17. The largest absolute Gasteiger partial charge is 0.378 e. The van der Waals surface area contributed by atoms with Gasteiger partial charge in [0, 0.05) is 36.9 Å². The van der Waals surface area contributed by atoms with Crippen molar-refractivity contribution in [3.05, 3.63) is 58.6 Å². The number of ether oxygens (including phenoxy) is 1. The Balaban J connectivity index is 1.66. The van der Waals surface area contributed by atoms with Crippen LogP contribution < -0.4 is 15.8 Å². The molecule has 1 saturated heterocycles. The molecular formula is C19H20N4O2. The topological polar surface area (TPSA) is 70.2 Å². The van der Waals surface area contributed by atoms with Gasteiger partial charge < -0.3 is 19.9 Å². The van der Waals surface area contributed by atoms with Crippen LogP contribution in [0, 0.1) is 6.92 Å². The molecule has 4 rings (SSSR count). The lowest BCUT2D eigenvalue weighted by Gasteiger charge is -2.30. The van der Waals surface area contributed by atoms with E-state index in [9.17, 15) is 4.79 Å². The summed E-state index contributed by atoms with van der Waals surface area (Å²) in [4.78, 5) is 21.6. The number of hydrogen-bond donors (Lipinski definition) is 2. The van der Waals surface area contributed by atoms with Crippen molar-refractivity contribution >= 4 is 28.0 Å². The monoisotopic (exact) mass is 336 g/mol. The average molecular weight is 336 g/mol. The molecule has 0 bridgehead atoms. The number of anilines is 3. The number of benzene rings is 1. The lowest BCUT2D eigenvalue weighted by Crippen LogP contribution is -2.36. The molecule has 0 radical (unpaired) electrons. The average Bonchev–Trinajstić information content (AvgIpc) is 2.63.